The van der Waals surface area contributed by atoms with E-state index in [0.717, 1.165) is 17.7 Å². The SMILES string of the molecule is COc1ccc(CN)cc1OCc1ccc(F)c(F)c1. The lowest BCUT2D eigenvalue weighted by Gasteiger charge is -2.12. The minimum Gasteiger partial charge on any atom is -0.493 e. The first-order chi connectivity index (χ1) is 9.63. The molecule has 2 rings (SSSR count). The van der Waals surface area contributed by atoms with Gasteiger partial charge in [-0.25, -0.2) is 8.78 Å². The van der Waals surface area contributed by atoms with Crippen LogP contribution in [0.1, 0.15) is 11.1 Å². The maximum absolute atomic E-state index is 13.1. The highest BCUT2D eigenvalue weighted by molar-refractivity contribution is 5.43. The molecular weight excluding hydrogens is 264 g/mol. The number of hydrogen-bond donors (Lipinski definition) is 1. The lowest BCUT2D eigenvalue weighted by Crippen LogP contribution is -2.01. The molecule has 0 aliphatic rings. The molecule has 0 heterocycles. The van der Waals surface area contributed by atoms with E-state index >= 15 is 0 Å². The molecule has 0 saturated heterocycles. The van der Waals surface area contributed by atoms with Gasteiger partial charge in [-0.05, 0) is 35.4 Å². The van der Waals surface area contributed by atoms with Crippen LogP contribution >= 0.6 is 0 Å². The molecule has 0 fully saturated rings. The normalized spacial score (nSPS) is 10.4. The van der Waals surface area contributed by atoms with E-state index in [9.17, 15) is 8.78 Å². The van der Waals surface area contributed by atoms with Crippen molar-refractivity contribution in [2.75, 3.05) is 7.11 Å². The minimum absolute atomic E-state index is 0.113. The van der Waals surface area contributed by atoms with Gasteiger partial charge in [0.15, 0.2) is 23.1 Å². The molecule has 20 heavy (non-hydrogen) atoms. The van der Waals surface area contributed by atoms with E-state index in [2.05, 4.69) is 0 Å². The van der Waals surface area contributed by atoms with E-state index in [-0.39, 0.29) is 6.61 Å². The summed E-state index contributed by atoms with van der Waals surface area (Å²) in [5, 5.41) is 0. The largest absolute Gasteiger partial charge is 0.493 e. The van der Waals surface area contributed by atoms with Crippen LogP contribution in [0.2, 0.25) is 0 Å². The second kappa shape index (κ2) is 6.34. The van der Waals surface area contributed by atoms with Gasteiger partial charge in [0, 0.05) is 6.54 Å². The summed E-state index contributed by atoms with van der Waals surface area (Å²) in [7, 11) is 1.53. The molecule has 0 saturated carbocycles. The maximum atomic E-state index is 13.1. The first-order valence-corrected chi connectivity index (χ1v) is 6.07. The zero-order valence-corrected chi connectivity index (χ0v) is 11.0. The first-order valence-electron chi connectivity index (χ1n) is 6.07. The van der Waals surface area contributed by atoms with Gasteiger partial charge >= 0.3 is 0 Å². The van der Waals surface area contributed by atoms with Gasteiger partial charge in [0.1, 0.15) is 6.61 Å². The van der Waals surface area contributed by atoms with Gasteiger partial charge in [0.25, 0.3) is 0 Å². The van der Waals surface area contributed by atoms with E-state index in [1.165, 1.54) is 13.2 Å². The fraction of sp³-hybridized carbons (Fsp3) is 0.200. The van der Waals surface area contributed by atoms with Gasteiger partial charge in [-0.3, -0.25) is 0 Å². The molecule has 5 heteroatoms. The second-order valence-electron chi connectivity index (χ2n) is 4.23. The van der Waals surface area contributed by atoms with Crippen molar-refractivity contribution in [3.05, 3.63) is 59.2 Å². The number of hydrogen-bond acceptors (Lipinski definition) is 3. The predicted octanol–water partition coefficient (Wildman–Crippen LogP) is 3.01. The van der Waals surface area contributed by atoms with E-state index in [1.807, 2.05) is 6.07 Å². The molecule has 0 radical (unpaired) electrons. The fourth-order valence-corrected chi connectivity index (χ4v) is 1.75. The summed E-state index contributed by atoms with van der Waals surface area (Å²) in [6.45, 7) is 0.493. The Morgan fingerprint density at radius 2 is 1.70 bits per heavy atom. The minimum atomic E-state index is -0.895. The molecule has 0 atom stereocenters. The number of benzene rings is 2. The summed E-state index contributed by atoms with van der Waals surface area (Å²) in [6, 6.07) is 9.00. The standard InChI is InChI=1S/C15H15F2NO2/c1-19-14-5-3-10(8-18)7-15(14)20-9-11-2-4-12(16)13(17)6-11/h2-7H,8-9,18H2,1H3. The van der Waals surface area contributed by atoms with Crippen molar-refractivity contribution in [1.29, 1.82) is 0 Å². The predicted molar refractivity (Wildman–Crippen MR) is 71.6 cm³/mol. The van der Waals surface area contributed by atoms with Crippen LogP contribution in [0, 0.1) is 11.6 Å². The van der Waals surface area contributed by atoms with Crippen molar-refractivity contribution in [3.8, 4) is 11.5 Å². The molecule has 3 nitrogen and oxygen atoms in total. The molecule has 0 amide bonds. The number of nitrogens with two attached hydrogens (primary N) is 1. The highest BCUT2D eigenvalue weighted by atomic mass is 19.2. The number of halogens is 2. The smallest absolute Gasteiger partial charge is 0.161 e. The summed E-state index contributed by atoms with van der Waals surface area (Å²) in [4.78, 5) is 0. The Balaban J connectivity index is 2.15. The van der Waals surface area contributed by atoms with Crippen LogP contribution in [-0.4, -0.2) is 7.11 Å². The van der Waals surface area contributed by atoms with E-state index in [1.54, 1.807) is 12.1 Å². The molecule has 0 bridgehead atoms. The quantitative estimate of drug-likeness (QED) is 0.915. The molecule has 2 aromatic carbocycles. The average Bonchev–Trinajstić information content (AvgIpc) is 2.48. The molecule has 0 aliphatic carbocycles. The van der Waals surface area contributed by atoms with Crippen LogP contribution in [0.25, 0.3) is 0 Å². The van der Waals surface area contributed by atoms with Crippen molar-refractivity contribution in [1.82, 2.24) is 0 Å². The molecular formula is C15H15F2NO2. The van der Waals surface area contributed by atoms with Crippen LogP contribution in [0.5, 0.6) is 11.5 Å². The zero-order valence-electron chi connectivity index (χ0n) is 11.0. The summed E-state index contributed by atoms with van der Waals surface area (Å²) < 4.78 is 36.7. The van der Waals surface area contributed by atoms with Gasteiger partial charge in [0.05, 0.1) is 7.11 Å². The second-order valence-corrected chi connectivity index (χ2v) is 4.23. The van der Waals surface area contributed by atoms with Crippen molar-refractivity contribution >= 4 is 0 Å². The van der Waals surface area contributed by atoms with Crippen LogP contribution < -0.4 is 15.2 Å². The zero-order chi connectivity index (χ0) is 14.5. The average molecular weight is 279 g/mol. The lowest BCUT2D eigenvalue weighted by molar-refractivity contribution is 0.283. The Kier molecular flexibility index (Phi) is 4.53. The summed E-state index contributed by atoms with van der Waals surface area (Å²) in [5.74, 6) is -0.699. The lowest BCUT2D eigenvalue weighted by atomic mass is 10.2. The third kappa shape index (κ3) is 3.24. The van der Waals surface area contributed by atoms with Crippen molar-refractivity contribution in [2.24, 2.45) is 5.73 Å². The van der Waals surface area contributed by atoms with E-state index in [4.69, 9.17) is 15.2 Å². The van der Waals surface area contributed by atoms with Crippen LogP contribution in [0.4, 0.5) is 8.78 Å². The van der Waals surface area contributed by atoms with Crippen LogP contribution in [0.15, 0.2) is 36.4 Å². The van der Waals surface area contributed by atoms with Gasteiger partial charge in [-0.15, -0.1) is 0 Å². The highest BCUT2D eigenvalue weighted by Gasteiger charge is 2.07. The Hall–Kier alpha value is -2.14. The van der Waals surface area contributed by atoms with Crippen molar-refractivity contribution in [3.63, 3.8) is 0 Å². The molecule has 106 valence electrons. The van der Waals surface area contributed by atoms with E-state index < -0.39 is 11.6 Å². The molecule has 0 spiro atoms. The van der Waals surface area contributed by atoms with Crippen LogP contribution in [-0.2, 0) is 13.2 Å². The van der Waals surface area contributed by atoms with Gasteiger partial charge in [-0.1, -0.05) is 12.1 Å². The Morgan fingerprint density at radius 3 is 2.35 bits per heavy atom. The molecule has 0 aromatic heterocycles. The van der Waals surface area contributed by atoms with Gasteiger partial charge in [-0.2, -0.15) is 0 Å². The molecule has 2 N–H and O–H groups in total. The van der Waals surface area contributed by atoms with Crippen molar-refractivity contribution in [2.45, 2.75) is 13.2 Å². The van der Waals surface area contributed by atoms with Crippen molar-refractivity contribution < 1.29 is 18.3 Å². The maximum Gasteiger partial charge on any atom is 0.161 e. The van der Waals surface area contributed by atoms with Gasteiger partial charge < -0.3 is 15.2 Å². The summed E-state index contributed by atoms with van der Waals surface area (Å²) in [6.07, 6.45) is 0. The first kappa shape index (κ1) is 14.3. The summed E-state index contributed by atoms with van der Waals surface area (Å²) >= 11 is 0. The molecule has 0 aliphatic heterocycles. The fourth-order valence-electron chi connectivity index (χ4n) is 1.75. The van der Waals surface area contributed by atoms with Crippen LogP contribution in [0.3, 0.4) is 0 Å². The molecule has 2 aromatic rings. The third-order valence-electron chi connectivity index (χ3n) is 2.84. The Morgan fingerprint density at radius 1 is 0.950 bits per heavy atom. The number of methoxy groups -OCH3 is 1. The number of rotatable bonds is 5. The topological polar surface area (TPSA) is 44.5 Å². The summed E-state index contributed by atoms with van der Waals surface area (Å²) in [5.41, 5.74) is 6.99. The monoisotopic (exact) mass is 279 g/mol. The third-order valence-corrected chi connectivity index (χ3v) is 2.84. The Bertz CT molecular complexity index is 602. The highest BCUT2D eigenvalue weighted by Crippen LogP contribution is 2.28. The van der Waals surface area contributed by atoms with E-state index in [0.29, 0.717) is 23.6 Å². The van der Waals surface area contributed by atoms with Gasteiger partial charge in [0.2, 0.25) is 0 Å². The molecule has 0 unspecified atom stereocenters. The number of ether oxygens (including phenoxy) is 2. The Labute approximate surface area is 115 Å².